The second-order valence-corrected chi connectivity index (χ2v) is 6.32. The van der Waals surface area contributed by atoms with Gasteiger partial charge in [-0.2, -0.15) is 0 Å². The molecule has 0 aromatic heterocycles. The van der Waals surface area contributed by atoms with Gasteiger partial charge in [0.15, 0.2) is 0 Å². The van der Waals surface area contributed by atoms with Crippen molar-refractivity contribution in [3.8, 4) is 0 Å². The molecule has 4 N–H and O–H groups in total. The zero-order valence-corrected chi connectivity index (χ0v) is 14.8. The lowest BCUT2D eigenvalue weighted by atomic mass is 10.1. The Morgan fingerprint density at radius 3 is 2.00 bits per heavy atom. The molecule has 5 heteroatoms. The van der Waals surface area contributed by atoms with Crippen LogP contribution in [0.3, 0.4) is 0 Å². The highest BCUT2D eigenvalue weighted by Crippen LogP contribution is 2.10. The number of carboxylic acid groups (broad SMARTS) is 1. The topological polar surface area (TPSA) is 92.4 Å². The number of hydrogen-bond donors (Lipinski definition) is 3. The molecule has 0 radical (unpaired) electrons. The van der Waals surface area contributed by atoms with Gasteiger partial charge < -0.3 is 16.2 Å². The van der Waals surface area contributed by atoms with Gasteiger partial charge in [-0.15, -0.1) is 0 Å². The summed E-state index contributed by atoms with van der Waals surface area (Å²) in [4.78, 5) is 22.9. The average molecular weight is 328 g/mol. The fourth-order valence-electron chi connectivity index (χ4n) is 2.61. The summed E-state index contributed by atoms with van der Waals surface area (Å²) in [7, 11) is 0. The summed E-state index contributed by atoms with van der Waals surface area (Å²) in [6, 6.07) is -0.771. The number of nitrogens with two attached hydrogens (primary N) is 1. The molecule has 1 amide bonds. The summed E-state index contributed by atoms with van der Waals surface area (Å²) < 4.78 is 0. The van der Waals surface area contributed by atoms with Crippen LogP contribution in [-0.4, -0.2) is 29.6 Å². The van der Waals surface area contributed by atoms with E-state index in [-0.39, 0.29) is 5.91 Å². The van der Waals surface area contributed by atoms with E-state index < -0.39 is 12.0 Å². The van der Waals surface area contributed by atoms with Gasteiger partial charge in [-0.25, -0.2) is 4.79 Å². The number of carbonyl (C=O) groups is 2. The standard InChI is InChI=1S/C18H36N2O3/c1-2-3-4-5-6-7-8-9-10-14-17(21)20-16(18(22)23)13-11-12-15-19/h16H,2-15,19H2,1H3,(H,20,21)(H,22,23)/t16-/m1/s1. The molecule has 136 valence electrons. The van der Waals surface area contributed by atoms with Gasteiger partial charge in [0.25, 0.3) is 0 Å². The maximum atomic E-state index is 11.8. The minimum atomic E-state index is -0.956. The SMILES string of the molecule is CCCCCCCCCCCC(=O)N[C@H](CCCCN)C(=O)O. The summed E-state index contributed by atoms with van der Waals surface area (Å²) >= 11 is 0. The number of aliphatic carboxylic acids is 1. The Morgan fingerprint density at radius 1 is 0.913 bits per heavy atom. The maximum Gasteiger partial charge on any atom is 0.326 e. The van der Waals surface area contributed by atoms with Crippen LogP contribution in [0.5, 0.6) is 0 Å². The van der Waals surface area contributed by atoms with Crippen molar-refractivity contribution in [2.75, 3.05) is 6.54 Å². The predicted octanol–water partition coefficient (Wildman–Crippen LogP) is 3.61. The average Bonchev–Trinajstić information content (AvgIpc) is 2.52. The lowest BCUT2D eigenvalue weighted by Crippen LogP contribution is -2.40. The van der Waals surface area contributed by atoms with E-state index in [1.54, 1.807) is 0 Å². The molecule has 0 spiro atoms. The third-order valence-electron chi connectivity index (χ3n) is 4.09. The second-order valence-electron chi connectivity index (χ2n) is 6.32. The van der Waals surface area contributed by atoms with Gasteiger partial charge in [0.05, 0.1) is 0 Å². The first-order valence-electron chi connectivity index (χ1n) is 9.34. The molecule has 0 aromatic rings. The Bertz CT molecular complexity index is 309. The van der Waals surface area contributed by atoms with E-state index in [0.717, 1.165) is 32.1 Å². The lowest BCUT2D eigenvalue weighted by molar-refractivity contribution is -0.142. The normalized spacial score (nSPS) is 12.1. The van der Waals surface area contributed by atoms with E-state index in [9.17, 15) is 9.59 Å². The predicted molar refractivity (Wildman–Crippen MR) is 94.3 cm³/mol. The van der Waals surface area contributed by atoms with E-state index in [1.807, 2.05) is 0 Å². The van der Waals surface area contributed by atoms with Crippen molar-refractivity contribution in [2.45, 2.75) is 96.4 Å². The maximum absolute atomic E-state index is 11.8. The third kappa shape index (κ3) is 14.2. The Morgan fingerprint density at radius 2 is 1.48 bits per heavy atom. The summed E-state index contributed by atoms with van der Waals surface area (Å²) in [5, 5.41) is 11.7. The minimum Gasteiger partial charge on any atom is -0.480 e. The molecule has 0 aliphatic rings. The van der Waals surface area contributed by atoms with Crippen LogP contribution in [0.1, 0.15) is 90.4 Å². The van der Waals surface area contributed by atoms with Crippen molar-refractivity contribution in [3.63, 3.8) is 0 Å². The van der Waals surface area contributed by atoms with Crippen LogP contribution in [0, 0.1) is 0 Å². The molecule has 23 heavy (non-hydrogen) atoms. The molecule has 1 atom stereocenters. The van der Waals surface area contributed by atoms with Crippen molar-refractivity contribution < 1.29 is 14.7 Å². The van der Waals surface area contributed by atoms with E-state index in [2.05, 4.69) is 12.2 Å². The first-order valence-corrected chi connectivity index (χ1v) is 9.34. The number of nitrogens with one attached hydrogen (secondary N) is 1. The Kier molecular flexibility index (Phi) is 15.0. The van der Waals surface area contributed by atoms with E-state index in [4.69, 9.17) is 10.8 Å². The Hall–Kier alpha value is -1.10. The van der Waals surface area contributed by atoms with Crippen LogP contribution in [0.4, 0.5) is 0 Å². The van der Waals surface area contributed by atoms with Gasteiger partial charge in [-0.1, -0.05) is 58.3 Å². The van der Waals surface area contributed by atoms with Gasteiger partial charge >= 0.3 is 5.97 Å². The number of rotatable bonds is 16. The Balaban J connectivity index is 3.61. The fraction of sp³-hybridized carbons (Fsp3) is 0.889. The molecule has 0 unspecified atom stereocenters. The van der Waals surface area contributed by atoms with Gasteiger partial charge in [0, 0.05) is 6.42 Å². The molecule has 0 rings (SSSR count). The molecule has 0 aromatic carbocycles. The van der Waals surface area contributed by atoms with Gasteiger partial charge in [-0.05, 0) is 32.2 Å². The van der Waals surface area contributed by atoms with Gasteiger partial charge in [-0.3, -0.25) is 4.79 Å². The van der Waals surface area contributed by atoms with Crippen molar-refractivity contribution in [1.29, 1.82) is 0 Å². The molecule has 0 saturated heterocycles. The monoisotopic (exact) mass is 328 g/mol. The fourth-order valence-corrected chi connectivity index (χ4v) is 2.61. The zero-order valence-electron chi connectivity index (χ0n) is 14.8. The molecular formula is C18H36N2O3. The highest BCUT2D eigenvalue weighted by molar-refractivity contribution is 5.83. The molecule has 0 bridgehead atoms. The zero-order chi connectivity index (χ0) is 17.3. The van der Waals surface area contributed by atoms with Crippen molar-refractivity contribution in [2.24, 2.45) is 5.73 Å². The molecular weight excluding hydrogens is 292 g/mol. The van der Waals surface area contributed by atoms with E-state index in [0.29, 0.717) is 19.4 Å². The smallest absolute Gasteiger partial charge is 0.326 e. The van der Waals surface area contributed by atoms with E-state index in [1.165, 1.54) is 38.5 Å². The molecule has 0 saturated carbocycles. The lowest BCUT2D eigenvalue weighted by Gasteiger charge is -2.14. The molecule has 0 heterocycles. The third-order valence-corrected chi connectivity index (χ3v) is 4.09. The molecule has 0 aliphatic carbocycles. The number of amides is 1. The highest BCUT2D eigenvalue weighted by Gasteiger charge is 2.18. The van der Waals surface area contributed by atoms with Crippen LogP contribution in [0.2, 0.25) is 0 Å². The van der Waals surface area contributed by atoms with Gasteiger partial charge in [0.2, 0.25) is 5.91 Å². The molecule has 0 aliphatic heterocycles. The summed E-state index contributed by atoms with van der Waals surface area (Å²) in [5.41, 5.74) is 5.40. The van der Waals surface area contributed by atoms with Gasteiger partial charge in [0.1, 0.15) is 6.04 Å². The van der Waals surface area contributed by atoms with Crippen LogP contribution in [0.15, 0.2) is 0 Å². The van der Waals surface area contributed by atoms with Crippen LogP contribution >= 0.6 is 0 Å². The van der Waals surface area contributed by atoms with Crippen LogP contribution in [0.25, 0.3) is 0 Å². The minimum absolute atomic E-state index is 0.145. The number of unbranched alkanes of at least 4 members (excludes halogenated alkanes) is 9. The number of carboxylic acids is 1. The molecule has 0 fully saturated rings. The number of carbonyl (C=O) groups excluding carboxylic acids is 1. The quantitative estimate of drug-likeness (QED) is 0.377. The molecule has 5 nitrogen and oxygen atoms in total. The largest absolute Gasteiger partial charge is 0.480 e. The first kappa shape index (κ1) is 21.9. The Labute approximate surface area is 141 Å². The first-order chi connectivity index (χ1) is 11.1. The number of hydrogen-bond acceptors (Lipinski definition) is 3. The van der Waals surface area contributed by atoms with Crippen molar-refractivity contribution in [3.05, 3.63) is 0 Å². The van der Waals surface area contributed by atoms with E-state index >= 15 is 0 Å². The van der Waals surface area contributed by atoms with Crippen molar-refractivity contribution in [1.82, 2.24) is 5.32 Å². The van der Waals surface area contributed by atoms with Crippen molar-refractivity contribution >= 4 is 11.9 Å². The summed E-state index contributed by atoms with van der Waals surface area (Å²) in [6.45, 7) is 2.77. The summed E-state index contributed by atoms with van der Waals surface area (Å²) in [6.07, 6.45) is 13.2. The second kappa shape index (κ2) is 15.8. The van der Waals surface area contributed by atoms with Crippen LogP contribution in [-0.2, 0) is 9.59 Å². The van der Waals surface area contributed by atoms with Crippen LogP contribution < -0.4 is 11.1 Å². The highest BCUT2D eigenvalue weighted by atomic mass is 16.4. The summed E-state index contributed by atoms with van der Waals surface area (Å²) in [5.74, 6) is -1.10.